The molecule has 1 saturated heterocycles. The largest absolute Gasteiger partial charge is 0.371 e. The van der Waals surface area contributed by atoms with E-state index in [9.17, 15) is 0 Å². The zero-order chi connectivity index (χ0) is 22.2. The van der Waals surface area contributed by atoms with Crippen molar-refractivity contribution >= 4 is 0 Å². The third-order valence-electron chi connectivity index (χ3n) is 6.83. The molecule has 2 aromatic carbocycles. The second-order valence-electron chi connectivity index (χ2n) is 8.85. The molecular formula is C27H37NO4. The molecule has 0 bridgehead atoms. The molecule has 3 atom stereocenters. The molecular weight excluding hydrogens is 402 g/mol. The van der Waals surface area contributed by atoms with Crippen molar-refractivity contribution in [3.05, 3.63) is 60.2 Å². The Hall–Kier alpha value is -1.76. The lowest BCUT2D eigenvalue weighted by molar-refractivity contribution is -0.172. The second-order valence-corrected chi connectivity index (χ2v) is 8.85. The first kappa shape index (κ1) is 23.4. The first-order chi connectivity index (χ1) is 15.8. The van der Waals surface area contributed by atoms with Crippen LogP contribution in [-0.4, -0.2) is 63.4 Å². The van der Waals surface area contributed by atoms with Gasteiger partial charge in [-0.15, -0.1) is 0 Å². The van der Waals surface area contributed by atoms with Crippen LogP contribution in [0.15, 0.2) is 54.6 Å². The predicted molar refractivity (Wildman–Crippen MR) is 126 cm³/mol. The van der Waals surface area contributed by atoms with E-state index >= 15 is 0 Å². The number of rotatable bonds is 10. The van der Waals surface area contributed by atoms with Gasteiger partial charge in [0.05, 0.1) is 25.4 Å². The van der Waals surface area contributed by atoms with Crippen LogP contribution in [0.25, 0.3) is 11.1 Å². The molecule has 5 heteroatoms. The highest BCUT2D eigenvalue weighted by atomic mass is 16.7. The molecule has 0 spiro atoms. The molecule has 2 fully saturated rings. The van der Waals surface area contributed by atoms with Gasteiger partial charge in [0, 0.05) is 20.3 Å². The number of piperidine rings is 1. The summed E-state index contributed by atoms with van der Waals surface area (Å²) in [4.78, 5) is 2.61. The lowest BCUT2D eigenvalue weighted by Crippen LogP contribution is -2.48. The van der Waals surface area contributed by atoms with Gasteiger partial charge in [0.1, 0.15) is 0 Å². The van der Waals surface area contributed by atoms with E-state index in [1.54, 1.807) is 14.2 Å². The average molecular weight is 440 g/mol. The molecule has 2 aliphatic rings. The van der Waals surface area contributed by atoms with E-state index in [0.29, 0.717) is 19.3 Å². The van der Waals surface area contributed by atoms with Crippen LogP contribution in [0.3, 0.4) is 0 Å². The minimum Gasteiger partial charge on any atom is -0.371 e. The number of hydrogen-bond acceptors (Lipinski definition) is 5. The van der Waals surface area contributed by atoms with Gasteiger partial charge in [-0.05, 0) is 55.5 Å². The first-order valence-corrected chi connectivity index (χ1v) is 12.0. The summed E-state index contributed by atoms with van der Waals surface area (Å²) in [5.74, 6) is 0. The van der Waals surface area contributed by atoms with Crippen LogP contribution in [0.1, 0.15) is 37.7 Å². The Morgan fingerprint density at radius 2 is 1.50 bits per heavy atom. The SMILES string of the molecule is COC(CO[C@@H]1[C@@H](OCc2ccc(-c3ccccc3)cc2)CC[C@H]1N1CCCCC1)OC. The van der Waals surface area contributed by atoms with Crippen LogP contribution < -0.4 is 0 Å². The van der Waals surface area contributed by atoms with Gasteiger partial charge in [-0.2, -0.15) is 0 Å². The quantitative estimate of drug-likeness (QED) is 0.493. The topological polar surface area (TPSA) is 40.2 Å². The number of ether oxygens (including phenoxy) is 4. The number of likely N-dealkylation sites (tertiary alicyclic amines) is 1. The number of hydrogen-bond donors (Lipinski definition) is 0. The van der Waals surface area contributed by atoms with Crippen LogP contribution >= 0.6 is 0 Å². The maximum Gasteiger partial charge on any atom is 0.180 e. The van der Waals surface area contributed by atoms with E-state index in [1.807, 2.05) is 6.07 Å². The van der Waals surface area contributed by atoms with Crippen molar-refractivity contribution in [2.75, 3.05) is 33.9 Å². The summed E-state index contributed by atoms with van der Waals surface area (Å²) < 4.78 is 23.5. The van der Waals surface area contributed by atoms with Crippen molar-refractivity contribution < 1.29 is 18.9 Å². The monoisotopic (exact) mass is 439 g/mol. The Morgan fingerprint density at radius 1 is 0.812 bits per heavy atom. The second kappa shape index (κ2) is 11.9. The van der Waals surface area contributed by atoms with Gasteiger partial charge in [-0.1, -0.05) is 61.0 Å². The maximum absolute atomic E-state index is 6.43. The average Bonchev–Trinajstić information content (AvgIpc) is 3.27. The van der Waals surface area contributed by atoms with Gasteiger partial charge in [0.15, 0.2) is 6.29 Å². The molecule has 0 unspecified atom stereocenters. The van der Waals surface area contributed by atoms with Gasteiger partial charge in [0.2, 0.25) is 0 Å². The van der Waals surface area contributed by atoms with Crippen LogP contribution in [0, 0.1) is 0 Å². The molecule has 0 N–H and O–H groups in total. The Labute approximate surface area is 192 Å². The van der Waals surface area contributed by atoms with Crippen molar-refractivity contribution in [1.82, 2.24) is 4.90 Å². The first-order valence-electron chi connectivity index (χ1n) is 12.0. The molecule has 0 radical (unpaired) electrons. The van der Waals surface area contributed by atoms with E-state index in [0.717, 1.165) is 25.9 Å². The van der Waals surface area contributed by atoms with Crippen molar-refractivity contribution in [2.45, 2.75) is 63.3 Å². The molecule has 1 heterocycles. The van der Waals surface area contributed by atoms with E-state index in [4.69, 9.17) is 18.9 Å². The van der Waals surface area contributed by atoms with E-state index in [2.05, 4.69) is 53.4 Å². The fraction of sp³-hybridized carbons (Fsp3) is 0.556. The van der Waals surface area contributed by atoms with Gasteiger partial charge in [-0.3, -0.25) is 4.90 Å². The lowest BCUT2D eigenvalue weighted by Gasteiger charge is -2.37. The Kier molecular flexibility index (Phi) is 8.71. The van der Waals surface area contributed by atoms with Crippen molar-refractivity contribution in [3.8, 4) is 11.1 Å². The summed E-state index contributed by atoms with van der Waals surface area (Å²) in [6.45, 7) is 3.35. The molecule has 0 amide bonds. The van der Waals surface area contributed by atoms with E-state index in [-0.39, 0.29) is 18.5 Å². The minimum atomic E-state index is -0.344. The highest BCUT2D eigenvalue weighted by Crippen LogP contribution is 2.32. The summed E-state index contributed by atoms with van der Waals surface area (Å²) in [6.07, 6.45) is 5.83. The number of nitrogens with zero attached hydrogens (tertiary/aromatic N) is 1. The van der Waals surface area contributed by atoms with Crippen molar-refractivity contribution in [1.29, 1.82) is 0 Å². The standard InChI is InChI=1S/C27H37NO4/c1-29-26(30-2)20-32-27-24(28-17-7-4-8-18-28)15-16-25(27)31-19-21-11-13-23(14-12-21)22-9-5-3-6-10-22/h3,5-6,9-14,24-27H,4,7-8,15-20H2,1-2H3/t24-,25+,27+/m1/s1. The highest BCUT2D eigenvalue weighted by molar-refractivity contribution is 5.63. The van der Waals surface area contributed by atoms with Crippen LogP contribution in [0.5, 0.6) is 0 Å². The lowest BCUT2D eigenvalue weighted by atomic mass is 10.0. The van der Waals surface area contributed by atoms with Crippen LogP contribution in [0.4, 0.5) is 0 Å². The molecule has 4 rings (SSSR count). The molecule has 1 aliphatic heterocycles. The Bertz CT molecular complexity index is 787. The van der Waals surface area contributed by atoms with Crippen molar-refractivity contribution in [2.24, 2.45) is 0 Å². The molecule has 1 aliphatic carbocycles. The maximum atomic E-state index is 6.43. The summed E-state index contributed by atoms with van der Waals surface area (Å²) in [5.41, 5.74) is 3.66. The molecule has 0 aromatic heterocycles. The molecule has 5 nitrogen and oxygen atoms in total. The summed E-state index contributed by atoms with van der Waals surface area (Å²) >= 11 is 0. The van der Waals surface area contributed by atoms with Crippen molar-refractivity contribution in [3.63, 3.8) is 0 Å². The van der Waals surface area contributed by atoms with Gasteiger partial charge >= 0.3 is 0 Å². The zero-order valence-electron chi connectivity index (χ0n) is 19.4. The fourth-order valence-electron chi connectivity index (χ4n) is 5.00. The summed E-state index contributed by atoms with van der Waals surface area (Å²) in [5, 5.41) is 0. The fourth-order valence-corrected chi connectivity index (χ4v) is 5.00. The third kappa shape index (κ3) is 5.97. The predicted octanol–water partition coefficient (Wildman–Crippen LogP) is 4.89. The van der Waals surface area contributed by atoms with Crippen LogP contribution in [-0.2, 0) is 25.6 Å². The molecule has 174 valence electrons. The Morgan fingerprint density at radius 3 is 2.19 bits per heavy atom. The van der Waals surface area contributed by atoms with Crippen LogP contribution in [0.2, 0.25) is 0 Å². The molecule has 32 heavy (non-hydrogen) atoms. The van der Waals surface area contributed by atoms with Gasteiger partial charge in [0.25, 0.3) is 0 Å². The molecule has 2 aromatic rings. The smallest absolute Gasteiger partial charge is 0.180 e. The summed E-state index contributed by atoms with van der Waals surface area (Å²) in [7, 11) is 3.31. The number of methoxy groups -OCH3 is 2. The Balaban J connectivity index is 1.38. The highest BCUT2D eigenvalue weighted by Gasteiger charge is 2.41. The normalized spacial score (nSPS) is 24.3. The van der Waals surface area contributed by atoms with Gasteiger partial charge < -0.3 is 18.9 Å². The van der Waals surface area contributed by atoms with Gasteiger partial charge in [-0.25, -0.2) is 0 Å². The van der Waals surface area contributed by atoms with E-state index in [1.165, 1.54) is 36.0 Å². The number of benzene rings is 2. The zero-order valence-corrected chi connectivity index (χ0v) is 19.4. The molecule has 1 saturated carbocycles. The summed E-state index contributed by atoms with van der Waals surface area (Å²) in [6, 6.07) is 19.6. The minimum absolute atomic E-state index is 0.0458. The third-order valence-corrected chi connectivity index (χ3v) is 6.83. The van der Waals surface area contributed by atoms with E-state index < -0.39 is 0 Å².